The number of rotatable bonds is 3. The minimum absolute atomic E-state index is 0.0377. The van der Waals surface area contributed by atoms with Gasteiger partial charge in [0.05, 0.1) is 28.7 Å². The number of morpholine rings is 1. The lowest BCUT2D eigenvalue weighted by molar-refractivity contribution is -0.142. The van der Waals surface area contributed by atoms with Crippen LogP contribution in [0.3, 0.4) is 0 Å². The average Bonchev–Trinajstić information content (AvgIpc) is 2.41. The second kappa shape index (κ2) is 6.79. The number of aromatic hydroxyl groups is 1. The number of phenols is 1. The molecular formula is C16H20BrNO4. The number of nitrogens with zero attached hydrogens (tertiary/aromatic N) is 1. The summed E-state index contributed by atoms with van der Waals surface area (Å²) in [5.41, 5.74) is 1.02. The minimum atomic E-state index is -0.376. The fraction of sp³-hybridized carbons (Fsp3) is 0.500. The topological polar surface area (TPSA) is 66.8 Å². The van der Waals surface area contributed by atoms with Gasteiger partial charge in [-0.1, -0.05) is 0 Å². The van der Waals surface area contributed by atoms with Crippen LogP contribution in [0.15, 0.2) is 16.6 Å². The summed E-state index contributed by atoms with van der Waals surface area (Å²) in [5.74, 6) is -0.727. The summed E-state index contributed by atoms with van der Waals surface area (Å²) in [6, 6.07) is 3.32. The summed E-state index contributed by atoms with van der Waals surface area (Å²) in [4.78, 5) is 26.3. The monoisotopic (exact) mass is 369 g/mol. The molecule has 6 heteroatoms. The highest BCUT2D eigenvalue weighted by atomic mass is 79.9. The van der Waals surface area contributed by atoms with Crippen LogP contribution in [0.25, 0.3) is 0 Å². The van der Waals surface area contributed by atoms with Gasteiger partial charge in [0.1, 0.15) is 5.75 Å². The number of hydrogen-bond acceptors (Lipinski definition) is 4. The van der Waals surface area contributed by atoms with Crippen LogP contribution >= 0.6 is 15.9 Å². The van der Waals surface area contributed by atoms with Crippen molar-refractivity contribution in [1.82, 2.24) is 4.90 Å². The summed E-state index contributed by atoms with van der Waals surface area (Å²) in [6.07, 6.45) is -0.322. The van der Waals surface area contributed by atoms with Crippen LogP contribution in [-0.2, 0) is 9.53 Å². The number of Topliss-reactive ketones (excluding diaryl/α,β-unsaturated/α-hetero) is 1. The Morgan fingerprint density at radius 3 is 2.50 bits per heavy atom. The molecule has 1 aromatic rings. The lowest BCUT2D eigenvalue weighted by Gasteiger charge is -2.35. The predicted octanol–water partition coefficient (Wildman–Crippen LogP) is 2.67. The zero-order valence-electron chi connectivity index (χ0n) is 12.9. The smallest absolute Gasteiger partial charge is 0.230 e. The van der Waals surface area contributed by atoms with Crippen molar-refractivity contribution >= 4 is 27.6 Å². The highest BCUT2D eigenvalue weighted by Crippen LogP contribution is 2.30. The zero-order valence-corrected chi connectivity index (χ0v) is 14.5. The maximum Gasteiger partial charge on any atom is 0.230 e. The Balaban J connectivity index is 2.10. The molecule has 1 aliphatic heterocycles. The van der Waals surface area contributed by atoms with Gasteiger partial charge in [-0.05, 0) is 54.4 Å². The van der Waals surface area contributed by atoms with E-state index in [1.165, 1.54) is 0 Å². The number of benzene rings is 1. The van der Waals surface area contributed by atoms with Crippen LogP contribution in [0, 0.1) is 6.92 Å². The minimum Gasteiger partial charge on any atom is -0.506 e. The highest BCUT2D eigenvalue weighted by molar-refractivity contribution is 9.10. The molecule has 0 aliphatic carbocycles. The van der Waals surface area contributed by atoms with Gasteiger partial charge in [0.25, 0.3) is 0 Å². The number of aryl methyl sites for hydroxylation is 1. The molecule has 0 spiro atoms. The number of ether oxygens (including phenoxy) is 1. The Morgan fingerprint density at radius 2 is 1.91 bits per heavy atom. The van der Waals surface area contributed by atoms with Crippen molar-refractivity contribution < 1.29 is 19.4 Å². The van der Waals surface area contributed by atoms with Gasteiger partial charge in [-0.15, -0.1) is 0 Å². The quantitative estimate of drug-likeness (QED) is 0.656. The molecule has 0 aromatic heterocycles. The van der Waals surface area contributed by atoms with Crippen molar-refractivity contribution in [2.75, 3.05) is 13.1 Å². The van der Waals surface area contributed by atoms with E-state index >= 15 is 0 Å². The first kappa shape index (κ1) is 17.0. The maximum atomic E-state index is 12.3. The summed E-state index contributed by atoms with van der Waals surface area (Å²) in [7, 11) is 0. The zero-order chi connectivity index (χ0) is 16.4. The first-order valence-corrected chi connectivity index (χ1v) is 8.02. The molecule has 0 unspecified atom stereocenters. The third-order valence-corrected chi connectivity index (χ3v) is 4.20. The van der Waals surface area contributed by atoms with Crippen molar-refractivity contribution in [3.8, 4) is 5.75 Å². The van der Waals surface area contributed by atoms with Gasteiger partial charge in [0.15, 0.2) is 5.78 Å². The van der Waals surface area contributed by atoms with E-state index < -0.39 is 0 Å². The standard InChI is InChI=1S/C16H20BrNO4/c1-9-4-12(16(21)13(17)5-9)14(19)6-15(20)18-7-10(2)22-11(3)8-18/h4-5,10-11,21H,6-8H2,1-3H3/t10-,11+. The molecule has 0 saturated carbocycles. The molecule has 1 aromatic carbocycles. The SMILES string of the molecule is Cc1cc(Br)c(O)c(C(=O)CC(=O)N2C[C@@H](C)O[C@@H](C)C2)c1. The van der Waals surface area contributed by atoms with Crippen LogP contribution in [0.5, 0.6) is 5.75 Å². The van der Waals surface area contributed by atoms with Gasteiger partial charge < -0.3 is 14.7 Å². The summed E-state index contributed by atoms with van der Waals surface area (Å²) in [5, 5.41) is 9.99. The first-order valence-electron chi connectivity index (χ1n) is 7.23. The fourth-order valence-corrected chi connectivity index (χ4v) is 3.25. The van der Waals surface area contributed by atoms with Crippen LogP contribution in [0.4, 0.5) is 0 Å². The van der Waals surface area contributed by atoms with Crippen LogP contribution in [0.1, 0.15) is 36.2 Å². The van der Waals surface area contributed by atoms with Gasteiger partial charge in [0, 0.05) is 13.1 Å². The Kier molecular flexibility index (Phi) is 5.24. The molecule has 1 saturated heterocycles. The number of carbonyl (C=O) groups is 2. The third kappa shape index (κ3) is 3.87. The maximum absolute atomic E-state index is 12.3. The van der Waals surface area contributed by atoms with Gasteiger partial charge >= 0.3 is 0 Å². The highest BCUT2D eigenvalue weighted by Gasteiger charge is 2.28. The van der Waals surface area contributed by atoms with E-state index in [0.717, 1.165) is 5.56 Å². The van der Waals surface area contributed by atoms with Gasteiger partial charge in [-0.3, -0.25) is 9.59 Å². The molecule has 1 amide bonds. The van der Waals surface area contributed by atoms with E-state index in [1.807, 2.05) is 20.8 Å². The lowest BCUT2D eigenvalue weighted by Crippen LogP contribution is -2.48. The summed E-state index contributed by atoms with van der Waals surface area (Å²) in [6.45, 7) is 6.61. The number of carbonyl (C=O) groups excluding carboxylic acids is 2. The Morgan fingerprint density at radius 1 is 1.32 bits per heavy atom. The van der Waals surface area contributed by atoms with Gasteiger partial charge in [0.2, 0.25) is 5.91 Å². The largest absolute Gasteiger partial charge is 0.506 e. The van der Waals surface area contributed by atoms with Crippen molar-refractivity contribution in [3.05, 3.63) is 27.7 Å². The van der Waals surface area contributed by atoms with Crippen molar-refractivity contribution in [1.29, 1.82) is 0 Å². The summed E-state index contributed by atoms with van der Waals surface area (Å²) >= 11 is 3.21. The number of hydrogen-bond donors (Lipinski definition) is 1. The van der Waals surface area contributed by atoms with Gasteiger partial charge in [-0.25, -0.2) is 0 Å². The van der Waals surface area contributed by atoms with E-state index in [-0.39, 0.29) is 41.6 Å². The molecule has 1 fully saturated rings. The number of amides is 1. The van der Waals surface area contributed by atoms with Crippen LogP contribution in [-0.4, -0.2) is 47.0 Å². The fourth-order valence-electron chi connectivity index (χ4n) is 2.67. The molecule has 120 valence electrons. The van der Waals surface area contributed by atoms with Crippen LogP contribution < -0.4 is 0 Å². The molecule has 5 nitrogen and oxygen atoms in total. The molecule has 1 aliphatic rings. The Bertz CT molecular complexity index is 592. The van der Waals surface area contributed by atoms with Crippen molar-refractivity contribution in [3.63, 3.8) is 0 Å². The molecule has 0 bridgehead atoms. The lowest BCUT2D eigenvalue weighted by atomic mass is 10.0. The van der Waals surface area contributed by atoms with Gasteiger partial charge in [-0.2, -0.15) is 0 Å². The molecule has 1 N–H and O–H groups in total. The van der Waals surface area contributed by atoms with Crippen molar-refractivity contribution in [2.24, 2.45) is 0 Å². The van der Waals surface area contributed by atoms with E-state index in [9.17, 15) is 14.7 Å². The Hall–Kier alpha value is -1.40. The second-order valence-corrected chi connectivity index (χ2v) is 6.65. The van der Waals surface area contributed by atoms with Crippen LogP contribution in [0.2, 0.25) is 0 Å². The number of ketones is 1. The Labute approximate surface area is 138 Å². The summed E-state index contributed by atoms with van der Waals surface area (Å²) < 4.78 is 6.04. The third-order valence-electron chi connectivity index (χ3n) is 3.59. The van der Waals surface area contributed by atoms with E-state index in [0.29, 0.717) is 17.6 Å². The van der Waals surface area contributed by atoms with Crippen molar-refractivity contribution in [2.45, 2.75) is 39.4 Å². The number of halogens is 1. The molecule has 0 radical (unpaired) electrons. The molecule has 22 heavy (non-hydrogen) atoms. The van der Waals surface area contributed by atoms with E-state index in [2.05, 4.69) is 15.9 Å². The van der Waals surface area contributed by atoms with E-state index in [1.54, 1.807) is 17.0 Å². The second-order valence-electron chi connectivity index (χ2n) is 5.80. The average molecular weight is 370 g/mol. The van der Waals surface area contributed by atoms with E-state index in [4.69, 9.17) is 4.74 Å². The first-order chi connectivity index (χ1) is 10.3. The molecule has 1 heterocycles. The predicted molar refractivity (Wildman–Crippen MR) is 86.1 cm³/mol. The molecular weight excluding hydrogens is 350 g/mol. The molecule has 2 atom stereocenters. The molecule has 2 rings (SSSR count). The number of phenolic OH excluding ortho intramolecular Hbond substituents is 1. The normalized spacial score (nSPS) is 21.7.